The molecule has 0 saturated carbocycles. The molecule has 20 heteroatoms. The molecular formula is C47H44Cl2N6O6S4VW. The van der Waals surface area contributed by atoms with Crippen LogP contribution >= 0.6 is 47.6 Å². The van der Waals surface area contributed by atoms with Gasteiger partial charge in [-0.3, -0.25) is 10.1 Å². The van der Waals surface area contributed by atoms with E-state index in [2.05, 4.69) is 73.3 Å². The number of nitrogens with one attached hydrogen (secondary N) is 2. The maximum Gasteiger partial charge on any atom is 0.442 e. The molecule has 2 heterocycles. The standard InChI is InChI=1S/C23H20ClN3O3S2.C16H11NO2S.C7H9ClN2OS.CH4.V.W/c1-32(29,14-15-10-11-21(24)25-12-15)27-22(31)26-23(28)30-13-20-18-8-4-2-6-16(18)17-7-3-5-9-19(17)20;18-16(17-10-20)19-9-15-13-7-3-1-5-11(13)12-6-2-4-8-14(12)15;1-12(9,11)5-6-2-3-7(8)10-4-6;;;/h2-12,20H,13-14H2,1H3,(H,26,28,31);1-8,15H,9H2;2-4,9H,5H2,1H3;1H4;;. The Morgan fingerprint density at radius 3 is 1.46 bits per heavy atom. The molecule has 2 amide bonds. The molecule has 0 spiro atoms. The Morgan fingerprint density at radius 1 is 0.701 bits per heavy atom. The molecule has 0 fully saturated rings. The van der Waals surface area contributed by atoms with Gasteiger partial charge in [0, 0.05) is 86.1 Å². The SMILES string of the molecule is C.CS(=N)(=O)Cc1ccc(Cl)nc1.CS(=O)(Cc1ccc(Cl)nc1)=NC(=S)NC(=O)OCC1c2ccccc2-c2ccccc21.O=C(N=C=S)OCC1c2ccccc2-c2ccccc21.[V].[W]. The Kier molecular flexibility index (Phi) is 22.4. The predicted octanol–water partition coefficient (Wildman–Crippen LogP) is 11.7. The molecule has 2 atom stereocenters. The number of isothiocyanates is 1. The van der Waals surface area contributed by atoms with Gasteiger partial charge in [-0.2, -0.15) is 4.36 Å². The first-order chi connectivity index (χ1) is 30.6. The number of hydrogen-bond acceptors (Lipinski definition) is 11. The first-order valence-corrected chi connectivity index (χ1v) is 25.1. The summed E-state index contributed by atoms with van der Waals surface area (Å²) < 4.78 is 45.6. The van der Waals surface area contributed by atoms with Crippen molar-refractivity contribution in [3.8, 4) is 22.3 Å². The second kappa shape index (κ2) is 26.4. The number of benzene rings is 4. The van der Waals surface area contributed by atoms with Crippen LogP contribution in [0.1, 0.15) is 52.6 Å². The van der Waals surface area contributed by atoms with Crippen LogP contribution in [0.2, 0.25) is 10.3 Å². The fourth-order valence-corrected chi connectivity index (χ4v) is 10.1. The number of aromatic nitrogens is 2. The van der Waals surface area contributed by atoms with Crippen LogP contribution < -0.4 is 5.32 Å². The van der Waals surface area contributed by atoms with Gasteiger partial charge in [-0.05, 0) is 92.2 Å². The Hall–Kier alpha value is -4.44. The maximum atomic E-state index is 12.8. The van der Waals surface area contributed by atoms with Crippen LogP contribution in [0.25, 0.3) is 22.3 Å². The topological polar surface area (TPSA) is 173 Å². The molecule has 347 valence electrons. The van der Waals surface area contributed by atoms with Gasteiger partial charge in [0.2, 0.25) is 5.11 Å². The van der Waals surface area contributed by atoms with Crippen LogP contribution in [0.15, 0.2) is 143 Å². The molecule has 0 aliphatic heterocycles. The summed E-state index contributed by atoms with van der Waals surface area (Å²) >= 11 is 20.8. The van der Waals surface area contributed by atoms with Crippen molar-refractivity contribution < 1.29 is 67.1 Å². The normalized spacial score (nSPS) is 13.1. The Morgan fingerprint density at radius 2 is 1.09 bits per heavy atom. The molecule has 2 aliphatic carbocycles. The molecular weight excluding hydrogens is 1180 g/mol. The minimum Gasteiger partial charge on any atom is -0.448 e. The summed E-state index contributed by atoms with van der Waals surface area (Å²) in [6.45, 7) is 0.411. The number of pyridine rings is 2. The minimum absolute atomic E-state index is 0. The van der Waals surface area contributed by atoms with Gasteiger partial charge in [0.25, 0.3) is 0 Å². The molecule has 0 saturated heterocycles. The zero-order valence-corrected chi connectivity index (χ0v) is 44.3. The number of hydrogen-bond donors (Lipinski definition) is 2. The van der Waals surface area contributed by atoms with E-state index in [4.69, 9.17) is 49.7 Å². The fraction of sp³-hybridized carbons (Fsp3) is 0.191. The quantitative estimate of drug-likeness (QED) is 0.0848. The monoisotopic (exact) mass is 1220 g/mol. The average Bonchev–Trinajstić information content (AvgIpc) is 3.76. The van der Waals surface area contributed by atoms with Crippen molar-refractivity contribution in [2.45, 2.75) is 30.8 Å². The van der Waals surface area contributed by atoms with Crippen molar-refractivity contribution >= 4 is 89.6 Å². The van der Waals surface area contributed by atoms with Crippen LogP contribution in [0.3, 0.4) is 0 Å². The molecule has 0 bridgehead atoms. The fourth-order valence-electron chi connectivity index (χ4n) is 7.23. The van der Waals surface area contributed by atoms with E-state index in [9.17, 15) is 18.0 Å². The molecule has 8 rings (SSSR count). The smallest absolute Gasteiger partial charge is 0.442 e. The number of alkyl carbamates (subject to hydrolysis) is 1. The van der Waals surface area contributed by atoms with E-state index < -0.39 is 31.6 Å². The van der Waals surface area contributed by atoms with Crippen LogP contribution in [0.5, 0.6) is 0 Å². The number of aliphatic imine (C=N–C) groups is 1. The molecule has 2 N–H and O–H groups in total. The number of thiocarbonyl (C=S) groups is 2. The van der Waals surface area contributed by atoms with Crippen LogP contribution in [0.4, 0.5) is 9.59 Å². The van der Waals surface area contributed by atoms with Crippen molar-refractivity contribution in [2.75, 3.05) is 25.7 Å². The number of nitrogens with zero attached hydrogens (tertiary/aromatic N) is 4. The van der Waals surface area contributed by atoms with Gasteiger partial charge in [0.1, 0.15) is 23.5 Å². The summed E-state index contributed by atoms with van der Waals surface area (Å²) in [7, 11) is -5.20. The van der Waals surface area contributed by atoms with E-state index in [1.54, 1.807) is 30.5 Å². The van der Waals surface area contributed by atoms with Gasteiger partial charge >= 0.3 is 12.2 Å². The summed E-state index contributed by atoms with van der Waals surface area (Å²) in [6.07, 6.45) is 4.52. The molecule has 67 heavy (non-hydrogen) atoms. The summed E-state index contributed by atoms with van der Waals surface area (Å²) in [6, 6.07) is 39.2. The van der Waals surface area contributed by atoms with Gasteiger partial charge in [0.15, 0.2) is 0 Å². The second-order valence-corrected chi connectivity index (χ2v) is 20.6. The third-order valence-corrected chi connectivity index (χ3v) is 12.9. The van der Waals surface area contributed by atoms with Gasteiger partial charge in [-0.15, -0.1) is 4.99 Å². The van der Waals surface area contributed by atoms with Crippen molar-refractivity contribution in [3.63, 3.8) is 0 Å². The predicted molar refractivity (Wildman–Crippen MR) is 267 cm³/mol. The van der Waals surface area contributed by atoms with E-state index in [-0.39, 0.29) is 88.7 Å². The average molecular weight is 1220 g/mol. The molecule has 6 aromatic rings. The van der Waals surface area contributed by atoms with Crippen molar-refractivity contribution in [1.82, 2.24) is 15.3 Å². The van der Waals surface area contributed by atoms with Gasteiger partial charge < -0.3 is 9.47 Å². The van der Waals surface area contributed by atoms with Gasteiger partial charge in [-0.1, -0.05) is 140 Å². The Balaban J connectivity index is 0.000000291. The molecule has 1 radical (unpaired) electrons. The largest absolute Gasteiger partial charge is 0.448 e. The second-order valence-electron chi connectivity index (χ2n) is 14.6. The van der Waals surface area contributed by atoms with E-state index in [0.717, 1.165) is 27.8 Å². The molecule has 2 aromatic heterocycles. The number of halogens is 2. The zero-order chi connectivity index (χ0) is 45.9. The van der Waals surface area contributed by atoms with E-state index >= 15 is 0 Å². The first-order valence-electron chi connectivity index (χ1n) is 19.3. The van der Waals surface area contributed by atoms with Crippen LogP contribution in [-0.4, -0.2) is 66.6 Å². The Labute approximate surface area is 438 Å². The summed E-state index contributed by atoms with van der Waals surface area (Å²) in [5.74, 6) is 0.346. The van der Waals surface area contributed by atoms with Crippen molar-refractivity contribution in [2.24, 2.45) is 9.36 Å². The van der Waals surface area contributed by atoms with Gasteiger partial charge in [0.05, 0.1) is 26.4 Å². The third-order valence-electron chi connectivity index (χ3n) is 9.76. The number of rotatable bonds is 8. The Bertz CT molecular complexity index is 2900. The van der Waals surface area contributed by atoms with Gasteiger partial charge in [-0.25, -0.2) is 28.0 Å². The van der Waals surface area contributed by atoms with E-state index in [1.807, 2.05) is 65.8 Å². The molecule has 2 aliphatic rings. The number of ether oxygens (including phenoxy) is 2. The number of carbonyl (C=O) groups excluding carboxylic acids is 2. The minimum atomic E-state index is -2.72. The summed E-state index contributed by atoms with van der Waals surface area (Å²) in [4.78, 5) is 34.7. The third kappa shape index (κ3) is 16.4. The summed E-state index contributed by atoms with van der Waals surface area (Å²) in [5.41, 5.74) is 10.7. The van der Waals surface area contributed by atoms with Crippen molar-refractivity contribution in [1.29, 1.82) is 4.78 Å². The van der Waals surface area contributed by atoms with Crippen LogP contribution in [0, 0.1) is 4.78 Å². The van der Waals surface area contributed by atoms with Crippen molar-refractivity contribution in [3.05, 3.63) is 177 Å². The summed E-state index contributed by atoms with van der Waals surface area (Å²) in [5, 5.41) is 4.98. The number of carbonyl (C=O) groups is 2. The van der Waals surface area contributed by atoms with Crippen LogP contribution in [-0.2, 0) is 80.1 Å². The maximum absolute atomic E-state index is 12.8. The van der Waals surface area contributed by atoms with E-state index in [0.29, 0.717) is 15.9 Å². The number of amides is 2. The number of fused-ring (bicyclic) bond motifs is 6. The first kappa shape index (κ1) is 56.9. The van der Waals surface area contributed by atoms with E-state index in [1.165, 1.54) is 41.0 Å². The molecule has 4 aromatic carbocycles. The molecule has 12 nitrogen and oxygen atoms in total. The zero-order valence-electron chi connectivity index (χ0n) is 35.2. The molecule has 2 unspecified atom stereocenters.